The van der Waals surface area contributed by atoms with Crippen molar-refractivity contribution in [1.82, 2.24) is 10.2 Å². The van der Waals surface area contributed by atoms with Crippen LogP contribution in [0.25, 0.3) is 0 Å². The van der Waals surface area contributed by atoms with Crippen LogP contribution >= 0.6 is 0 Å². The van der Waals surface area contributed by atoms with Gasteiger partial charge in [0.15, 0.2) is 5.76 Å². The lowest BCUT2D eigenvalue weighted by Gasteiger charge is -2.37. The normalized spacial score (nSPS) is 19.3. The summed E-state index contributed by atoms with van der Waals surface area (Å²) in [5.74, 6) is 0.269. The van der Waals surface area contributed by atoms with E-state index in [9.17, 15) is 9.90 Å². The molecule has 5 heteroatoms. The van der Waals surface area contributed by atoms with E-state index in [-0.39, 0.29) is 5.91 Å². The van der Waals surface area contributed by atoms with Gasteiger partial charge >= 0.3 is 0 Å². The zero-order chi connectivity index (χ0) is 12.3. The molecule has 5 nitrogen and oxygen atoms in total. The number of piperidine rings is 1. The minimum absolute atomic E-state index is 0.0958. The predicted molar refractivity (Wildman–Crippen MR) is 62.7 cm³/mol. The molecule has 1 aromatic heterocycles. The Bertz CT molecular complexity index is 367. The molecule has 1 aliphatic heterocycles. The Morgan fingerprint density at radius 2 is 2.29 bits per heavy atom. The fourth-order valence-electron chi connectivity index (χ4n) is 2.19. The number of nitrogens with one attached hydrogen (secondary N) is 1. The van der Waals surface area contributed by atoms with Crippen molar-refractivity contribution in [3.63, 3.8) is 0 Å². The second kappa shape index (κ2) is 4.89. The third-order valence-electron chi connectivity index (χ3n) is 3.22. The molecule has 0 spiro atoms. The van der Waals surface area contributed by atoms with Crippen LogP contribution in [0.2, 0.25) is 0 Å². The lowest BCUT2D eigenvalue weighted by molar-refractivity contribution is -0.0150. The summed E-state index contributed by atoms with van der Waals surface area (Å²) in [7, 11) is 1.82. The van der Waals surface area contributed by atoms with Crippen LogP contribution in [-0.2, 0) is 0 Å². The van der Waals surface area contributed by atoms with Gasteiger partial charge < -0.3 is 19.7 Å². The van der Waals surface area contributed by atoms with E-state index in [4.69, 9.17) is 4.42 Å². The van der Waals surface area contributed by atoms with Crippen molar-refractivity contribution in [2.45, 2.75) is 18.4 Å². The van der Waals surface area contributed by atoms with E-state index in [0.29, 0.717) is 38.2 Å². The molecule has 0 bridgehead atoms. The predicted octanol–water partition coefficient (Wildman–Crippen LogP) is 0.466. The minimum atomic E-state index is -0.686. The zero-order valence-electron chi connectivity index (χ0n) is 9.98. The van der Waals surface area contributed by atoms with Crippen LogP contribution in [0.15, 0.2) is 22.8 Å². The van der Waals surface area contributed by atoms with E-state index < -0.39 is 5.60 Å². The Morgan fingerprint density at radius 3 is 2.82 bits per heavy atom. The van der Waals surface area contributed by atoms with Gasteiger partial charge in [-0.05, 0) is 32.0 Å². The smallest absolute Gasteiger partial charge is 0.289 e. The Hall–Kier alpha value is -1.33. The molecule has 1 aromatic rings. The van der Waals surface area contributed by atoms with Gasteiger partial charge in [-0.3, -0.25) is 4.79 Å². The Balaban J connectivity index is 1.93. The van der Waals surface area contributed by atoms with Crippen LogP contribution in [0, 0.1) is 0 Å². The first kappa shape index (κ1) is 12.1. The molecule has 2 rings (SSSR count). The number of rotatable bonds is 3. The quantitative estimate of drug-likeness (QED) is 0.803. The highest BCUT2D eigenvalue weighted by Crippen LogP contribution is 2.22. The number of likely N-dealkylation sites (N-methyl/N-ethyl adjacent to an activating group) is 1. The molecule has 1 saturated heterocycles. The SMILES string of the molecule is CNCC1(O)CCN(C(=O)c2ccco2)CC1. The molecule has 94 valence electrons. The third-order valence-corrected chi connectivity index (χ3v) is 3.22. The van der Waals surface area contributed by atoms with Gasteiger partial charge in [0.25, 0.3) is 5.91 Å². The number of hydrogen-bond acceptors (Lipinski definition) is 4. The van der Waals surface area contributed by atoms with E-state index >= 15 is 0 Å². The zero-order valence-corrected chi connectivity index (χ0v) is 9.98. The van der Waals surface area contributed by atoms with Gasteiger partial charge in [-0.25, -0.2) is 0 Å². The molecule has 0 aromatic carbocycles. The number of amides is 1. The summed E-state index contributed by atoms with van der Waals surface area (Å²) in [5, 5.41) is 13.2. The first-order valence-electron chi connectivity index (χ1n) is 5.84. The molecule has 17 heavy (non-hydrogen) atoms. The van der Waals surface area contributed by atoms with Crippen molar-refractivity contribution >= 4 is 5.91 Å². The van der Waals surface area contributed by atoms with Crippen molar-refractivity contribution < 1.29 is 14.3 Å². The fourth-order valence-corrected chi connectivity index (χ4v) is 2.19. The van der Waals surface area contributed by atoms with Crippen LogP contribution in [-0.4, -0.2) is 48.2 Å². The summed E-state index contributed by atoms with van der Waals surface area (Å²) >= 11 is 0. The van der Waals surface area contributed by atoms with Crippen LogP contribution in [0.3, 0.4) is 0 Å². The molecule has 1 fully saturated rings. The first-order chi connectivity index (χ1) is 8.14. The average Bonchev–Trinajstić information content (AvgIpc) is 2.82. The number of carbonyl (C=O) groups excluding carboxylic acids is 1. The number of likely N-dealkylation sites (tertiary alicyclic amines) is 1. The monoisotopic (exact) mass is 238 g/mol. The molecule has 0 radical (unpaired) electrons. The summed E-state index contributed by atoms with van der Waals surface area (Å²) in [6.07, 6.45) is 2.69. The number of carbonyl (C=O) groups is 1. The topological polar surface area (TPSA) is 65.7 Å². The lowest BCUT2D eigenvalue weighted by atomic mass is 9.91. The molecule has 0 unspecified atom stereocenters. The minimum Gasteiger partial charge on any atom is -0.459 e. The van der Waals surface area contributed by atoms with Crippen molar-refractivity contribution in [2.75, 3.05) is 26.7 Å². The van der Waals surface area contributed by atoms with Gasteiger partial charge in [-0.15, -0.1) is 0 Å². The van der Waals surface area contributed by atoms with Gasteiger partial charge in [0, 0.05) is 19.6 Å². The highest BCUT2D eigenvalue weighted by Gasteiger charge is 2.33. The van der Waals surface area contributed by atoms with Crippen LogP contribution in [0.5, 0.6) is 0 Å². The van der Waals surface area contributed by atoms with E-state index in [0.717, 1.165) is 0 Å². The number of hydrogen-bond donors (Lipinski definition) is 2. The Kier molecular flexibility index (Phi) is 3.49. The highest BCUT2D eigenvalue weighted by atomic mass is 16.3. The Labute approximate surface area is 100 Å². The first-order valence-corrected chi connectivity index (χ1v) is 5.84. The van der Waals surface area contributed by atoms with Crippen LogP contribution in [0.1, 0.15) is 23.4 Å². The molecule has 2 heterocycles. The van der Waals surface area contributed by atoms with E-state index in [1.54, 1.807) is 17.0 Å². The van der Waals surface area contributed by atoms with Crippen molar-refractivity contribution in [2.24, 2.45) is 0 Å². The summed E-state index contributed by atoms with van der Waals surface area (Å²) in [5.41, 5.74) is -0.686. The van der Waals surface area contributed by atoms with Crippen LogP contribution in [0.4, 0.5) is 0 Å². The number of furan rings is 1. The van der Waals surface area contributed by atoms with Gasteiger partial charge in [0.1, 0.15) is 0 Å². The molecular weight excluding hydrogens is 220 g/mol. The summed E-state index contributed by atoms with van der Waals surface area (Å²) < 4.78 is 5.08. The Morgan fingerprint density at radius 1 is 1.59 bits per heavy atom. The molecule has 2 N–H and O–H groups in total. The van der Waals surface area contributed by atoms with Crippen LogP contribution < -0.4 is 5.32 Å². The second-order valence-electron chi connectivity index (χ2n) is 4.52. The maximum atomic E-state index is 12.0. The van der Waals surface area contributed by atoms with Gasteiger partial charge in [-0.2, -0.15) is 0 Å². The third kappa shape index (κ3) is 2.68. The molecule has 0 atom stereocenters. The number of nitrogens with zero attached hydrogens (tertiary/aromatic N) is 1. The van der Waals surface area contributed by atoms with Crippen molar-refractivity contribution in [1.29, 1.82) is 0 Å². The highest BCUT2D eigenvalue weighted by molar-refractivity contribution is 5.91. The molecular formula is C12H18N2O3. The maximum absolute atomic E-state index is 12.0. The maximum Gasteiger partial charge on any atom is 0.289 e. The van der Waals surface area contributed by atoms with E-state index in [1.165, 1.54) is 6.26 Å². The largest absolute Gasteiger partial charge is 0.459 e. The molecule has 0 saturated carbocycles. The summed E-state index contributed by atoms with van der Waals surface area (Å²) in [6, 6.07) is 3.37. The van der Waals surface area contributed by atoms with Gasteiger partial charge in [0.2, 0.25) is 0 Å². The average molecular weight is 238 g/mol. The standard InChI is InChI=1S/C12H18N2O3/c1-13-9-12(16)4-6-14(7-5-12)11(15)10-3-2-8-17-10/h2-3,8,13,16H,4-7,9H2,1H3. The van der Waals surface area contributed by atoms with E-state index in [1.807, 2.05) is 7.05 Å². The lowest BCUT2D eigenvalue weighted by Crippen LogP contribution is -2.50. The van der Waals surface area contributed by atoms with Crippen molar-refractivity contribution in [3.8, 4) is 0 Å². The fraction of sp³-hybridized carbons (Fsp3) is 0.583. The van der Waals surface area contributed by atoms with E-state index in [2.05, 4.69) is 5.32 Å². The number of aliphatic hydroxyl groups is 1. The summed E-state index contributed by atoms with van der Waals surface area (Å²) in [6.45, 7) is 1.70. The van der Waals surface area contributed by atoms with Gasteiger partial charge in [-0.1, -0.05) is 0 Å². The van der Waals surface area contributed by atoms with Crippen molar-refractivity contribution in [3.05, 3.63) is 24.2 Å². The van der Waals surface area contributed by atoms with Gasteiger partial charge in [0.05, 0.1) is 11.9 Å². The second-order valence-corrected chi connectivity index (χ2v) is 4.52. The molecule has 1 amide bonds. The molecule has 0 aliphatic carbocycles. The molecule has 1 aliphatic rings. The summed E-state index contributed by atoms with van der Waals surface area (Å²) in [4.78, 5) is 13.7.